The van der Waals surface area contributed by atoms with Crippen LogP contribution in [0.3, 0.4) is 0 Å². The third-order valence-electron chi connectivity index (χ3n) is 4.05. The lowest BCUT2D eigenvalue weighted by Gasteiger charge is -2.17. The number of rotatable bonds is 6. The molecule has 4 nitrogen and oxygen atoms in total. The number of nitrogens with zero attached hydrogens (tertiary/aromatic N) is 1. The Morgan fingerprint density at radius 1 is 1.50 bits per heavy atom. The van der Waals surface area contributed by atoms with Crippen LogP contribution in [0.1, 0.15) is 24.0 Å². The molecule has 0 spiro atoms. The Balaban J connectivity index is 1.79. The van der Waals surface area contributed by atoms with E-state index in [0.29, 0.717) is 11.7 Å². The number of fused-ring (bicyclic) bond motifs is 1. The van der Waals surface area contributed by atoms with Crippen LogP contribution in [0, 0.1) is 25.2 Å². The van der Waals surface area contributed by atoms with Crippen LogP contribution in [0.25, 0.3) is 10.9 Å². The number of hydrogen-bond acceptors (Lipinski definition) is 4. The molecule has 1 N–H and O–H groups in total. The number of nitrogens with one attached hydrogen (secondary N) is 1. The Morgan fingerprint density at radius 3 is 2.96 bits per heavy atom. The molecule has 1 aromatic carbocycles. The summed E-state index contributed by atoms with van der Waals surface area (Å²) in [5.74, 6) is 3.80. The highest BCUT2D eigenvalue weighted by atomic mass is 32.2. The fourth-order valence-corrected chi connectivity index (χ4v) is 3.03. The topological polar surface area (TPSA) is 51.2 Å². The standard InChI is InChI=1S/C19H20N2O2S/c1-4-13-8-15-9-16(7-12(2)17(15)20-10-13)23-19(24-3)18(22)21-11-14-5-6-14/h1,7-10,14,19H,5-6,11H2,2-3H3,(H,21,22). The first-order valence-corrected chi connectivity index (χ1v) is 9.23. The van der Waals surface area contributed by atoms with Gasteiger partial charge in [0.15, 0.2) is 0 Å². The SMILES string of the molecule is C#Cc1cnc2c(C)cc(OC(SC)C(=O)NCC3CC3)cc2c1. The number of carbonyl (C=O) groups excluding carboxylic acids is 1. The smallest absolute Gasteiger partial charge is 0.271 e. The minimum absolute atomic E-state index is 0.0809. The van der Waals surface area contributed by atoms with Gasteiger partial charge < -0.3 is 10.1 Å². The molecule has 1 aliphatic carbocycles. The van der Waals surface area contributed by atoms with Gasteiger partial charge in [0.2, 0.25) is 5.44 Å². The number of terminal acetylenes is 1. The van der Waals surface area contributed by atoms with Gasteiger partial charge in [0.05, 0.1) is 5.52 Å². The fourth-order valence-electron chi connectivity index (χ4n) is 2.53. The second kappa shape index (κ2) is 7.14. The van der Waals surface area contributed by atoms with E-state index in [9.17, 15) is 4.79 Å². The zero-order valence-electron chi connectivity index (χ0n) is 13.8. The molecule has 0 aliphatic heterocycles. The molecule has 1 amide bonds. The van der Waals surface area contributed by atoms with Gasteiger partial charge in [0, 0.05) is 23.7 Å². The molecule has 1 fully saturated rings. The van der Waals surface area contributed by atoms with E-state index < -0.39 is 5.44 Å². The summed E-state index contributed by atoms with van der Waals surface area (Å²) in [7, 11) is 0. The number of hydrogen-bond donors (Lipinski definition) is 1. The van der Waals surface area contributed by atoms with Crippen LogP contribution in [-0.4, -0.2) is 29.1 Å². The number of aryl methyl sites for hydroxylation is 1. The van der Waals surface area contributed by atoms with Crippen molar-refractivity contribution in [2.45, 2.75) is 25.2 Å². The van der Waals surface area contributed by atoms with Crippen molar-refractivity contribution in [3.63, 3.8) is 0 Å². The van der Waals surface area contributed by atoms with Gasteiger partial charge in [-0.3, -0.25) is 9.78 Å². The Kier molecular flexibility index (Phi) is 4.96. The minimum atomic E-state index is -0.565. The summed E-state index contributed by atoms with van der Waals surface area (Å²) in [6.07, 6.45) is 11.4. The summed E-state index contributed by atoms with van der Waals surface area (Å²) in [6.45, 7) is 2.71. The van der Waals surface area contributed by atoms with Crippen molar-refractivity contribution in [1.29, 1.82) is 0 Å². The zero-order chi connectivity index (χ0) is 17.1. The van der Waals surface area contributed by atoms with Gasteiger partial charge in [0.25, 0.3) is 5.91 Å². The van der Waals surface area contributed by atoms with Gasteiger partial charge >= 0.3 is 0 Å². The molecule has 3 rings (SSSR count). The van der Waals surface area contributed by atoms with E-state index >= 15 is 0 Å². The van der Waals surface area contributed by atoms with Gasteiger partial charge in [-0.05, 0) is 55.7 Å². The molecule has 0 radical (unpaired) electrons. The summed E-state index contributed by atoms with van der Waals surface area (Å²) < 4.78 is 5.91. The molecular weight excluding hydrogens is 320 g/mol. The predicted octanol–water partition coefficient (Wildman–Crippen LogP) is 3.12. The third kappa shape index (κ3) is 3.82. The normalized spacial score (nSPS) is 14.9. The summed E-state index contributed by atoms with van der Waals surface area (Å²) in [5.41, 5.74) is 2.04. The molecule has 1 saturated carbocycles. The summed E-state index contributed by atoms with van der Waals surface area (Å²) in [5, 5.41) is 3.88. The van der Waals surface area contributed by atoms with Crippen molar-refractivity contribution in [3.05, 3.63) is 35.5 Å². The van der Waals surface area contributed by atoms with E-state index in [0.717, 1.165) is 28.6 Å². The van der Waals surface area contributed by atoms with E-state index in [2.05, 4.69) is 16.2 Å². The van der Waals surface area contributed by atoms with E-state index in [4.69, 9.17) is 11.2 Å². The number of pyridine rings is 1. The van der Waals surface area contributed by atoms with E-state index in [1.807, 2.05) is 31.4 Å². The molecule has 1 atom stereocenters. The number of carbonyl (C=O) groups is 1. The Labute approximate surface area is 146 Å². The predicted molar refractivity (Wildman–Crippen MR) is 98.1 cm³/mol. The lowest BCUT2D eigenvalue weighted by Crippen LogP contribution is -2.37. The third-order valence-corrected chi connectivity index (χ3v) is 4.79. The van der Waals surface area contributed by atoms with E-state index in [1.54, 1.807) is 6.20 Å². The molecule has 1 unspecified atom stereocenters. The van der Waals surface area contributed by atoms with E-state index in [1.165, 1.54) is 24.6 Å². The summed E-state index contributed by atoms with van der Waals surface area (Å²) in [6, 6.07) is 5.69. The summed E-state index contributed by atoms with van der Waals surface area (Å²) >= 11 is 1.38. The Bertz CT molecular complexity index is 809. The fraction of sp³-hybridized carbons (Fsp3) is 0.368. The molecule has 24 heavy (non-hydrogen) atoms. The highest BCUT2D eigenvalue weighted by molar-refractivity contribution is 7.99. The molecular formula is C19H20N2O2S. The molecule has 0 bridgehead atoms. The highest BCUT2D eigenvalue weighted by Crippen LogP contribution is 2.28. The average molecular weight is 340 g/mol. The lowest BCUT2D eigenvalue weighted by molar-refractivity contribution is -0.124. The molecule has 124 valence electrons. The van der Waals surface area contributed by atoms with Crippen LogP contribution in [0.2, 0.25) is 0 Å². The Morgan fingerprint density at radius 2 is 2.29 bits per heavy atom. The van der Waals surface area contributed by atoms with Crippen molar-refractivity contribution >= 4 is 28.6 Å². The maximum atomic E-state index is 12.3. The molecule has 5 heteroatoms. The van der Waals surface area contributed by atoms with Crippen molar-refractivity contribution in [2.75, 3.05) is 12.8 Å². The molecule has 0 saturated heterocycles. The average Bonchev–Trinajstić information content (AvgIpc) is 3.41. The van der Waals surface area contributed by atoms with Gasteiger partial charge in [-0.1, -0.05) is 5.92 Å². The van der Waals surface area contributed by atoms with Crippen LogP contribution >= 0.6 is 11.8 Å². The van der Waals surface area contributed by atoms with Crippen LogP contribution < -0.4 is 10.1 Å². The van der Waals surface area contributed by atoms with Gasteiger partial charge in [0.1, 0.15) is 5.75 Å². The van der Waals surface area contributed by atoms with Gasteiger partial charge in [-0.15, -0.1) is 18.2 Å². The molecule has 2 aromatic rings. The minimum Gasteiger partial charge on any atom is -0.470 e. The largest absolute Gasteiger partial charge is 0.470 e. The summed E-state index contributed by atoms with van der Waals surface area (Å²) in [4.78, 5) is 16.7. The second-order valence-corrected chi connectivity index (χ2v) is 6.95. The highest BCUT2D eigenvalue weighted by Gasteiger charge is 2.25. The number of thioether (sulfide) groups is 1. The Hall–Kier alpha value is -2.19. The molecule has 1 aliphatic rings. The maximum absolute atomic E-state index is 12.3. The lowest BCUT2D eigenvalue weighted by atomic mass is 10.1. The number of amides is 1. The maximum Gasteiger partial charge on any atom is 0.271 e. The first-order chi connectivity index (χ1) is 11.6. The number of aromatic nitrogens is 1. The van der Waals surface area contributed by atoms with Gasteiger partial charge in [-0.2, -0.15) is 0 Å². The monoisotopic (exact) mass is 340 g/mol. The quantitative estimate of drug-likeness (QED) is 0.648. The van der Waals surface area contributed by atoms with Crippen molar-refractivity contribution in [1.82, 2.24) is 10.3 Å². The molecule has 1 aromatic heterocycles. The van der Waals surface area contributed by atoms with Crippen molar-refractivity contribution < 1.29 is 9.53 Å². The zero-order valence-corrected chi connectivity index (χ0v) is 14.7. The first-order valence-electron chi connectivity index (χ1n) is 7.95. The number of ether oxygens (including phenoxy) is 1. The molecule has 1 heterocycles. The van der Waals surface area contributed by atoms with Crippen molar-refractivity contribution in [2.24, 2.45) is 5.92 Å². The van der Waals surface area contributed by atoms with Crippen LogP contribution in [0.15, 0.2) is 24.4 Å². The van der Waals surface area contributed by atoms with Crippen LogP contribution in [0.5, 0.6) is 5.75 Å². The van der Waals surface area contributed by atoms with E-state index in [-0.39, 0.29) is 5.91 Å². The van der Waals surface area contributed by atoms with Gasteiger partial charge in [-0.25, -0.2) is 0 Å². The van der Waals surface area contributed by atoms with Crippen LogP contribution in [-0.2, 0) is 4.79 Å². The second-order valence-electron chi connectivity index (χ2n) is 6.05. The van der Waals surface area contributed by atoms with Crippen LogP contribution in [0.4, 0.5) is 0 Å². The number of benzene rings is 1. The van der Waals surface area contributed by atoms with Crippen molar-refractivity contribution in [3.8, 4) is 18.1 Å². The first kappa shape index (κ1) is 16.7.